The van der Waals surface area contributed by atoms with Crippen LogP contribution in [-0.2, 0) is 6.54 Å². The Balaban J connectivity index is 1.63. The molecule has 2 heterocycles. The molecule has 1 aromatic carbocycles. The van der Waals surface area contributed by atoms with Crippen LogP contribution in [0.25, 0.3) is 16.6 Å². The maximum Gasteiger partial charge on any atom is 0.253 e. The highest BCUT2D eigenvalue weighted by atomic mass is 16.5. The van der Waals surface area contributed by atoms with Crippen molar-refractivity contribution in [3.63, 3.8) is 0 Å². The van der Waals surface area contributed by atoms with Gasteiger partial charge in [0.1, 0.15) is 0 Å². The van der Waals surface area contributed by atoms with Gasteiger partial charge in [-0.3, -0.25) is 0 Å². The molecule has 100 valence electrons. The first-order chi connectivity index (χ1) is 9.90. The fraction of sp³-hybridized carbons (Fsp3) is 0.267. The average molecular weight is 266 g/mol. The molecule has 0 N–H and O–H groups in total. The van der Waals surface area contributed by atoms with Gasteiger partial charge >= 0.3 is 0 Å². The van der Waals surface area contributed by atoms with Gasteiger partial charge in [-0.15, -0.1) is 0 Å². The van der Waals surface area contributed by atoms with Gasteiger partial charge < -0.3 is 9.09 Å². The van der Waals surface area contributed by atoms with Gasteiger partial charge in [-0.25, -0.2) is 4.98 Å². The molecule has 1 aliphatic rings. The number of fused-ring (bicyclic) bond motifs is 1. The van der Waals surface area contributed by atoms with Gasteiger partial charge in [0, 0.05) is 5.57 Å². The topological polar surface area (TPSA) is 56.7 Å². The minimum absolute atomic E-state index is 0.581. The number of allylic oxidation sites excluding steroid dienone is 2. The Hall–Kier alpha value is -2.43. The molecule has 0 atom stereocenters. The lowest BCUT2D eigenvalue weighted by Crippen LogP contribution is -1.99. The summed E-state index contributed by atoms with van der Waals surface area (Å²) in [4.78, 5) is 8.84. The summed E-state index contributed by atoms with van der Waals surface area (Å²) in [5.74, 6) is 1.36. The van der Waals surface area contributed by atoms with Crippen molar-refractivity contribution < 1.29 is 4.52 Å². The van der Waals surface area contributed by atoms with Gasteiger partial charge in [0.15, 0.2) is 5.82 Å². The van der Waals surface area contributed by atoms with Crippen LogP contribution >= 0.6 is 0 Å². The average Bonchev–Trinajstić information content (AvgIpc) is 3.19. The third-order valence-electron chi connectivity index (χ3n) is 3.62. The summed E-state index contributed by atoms with van der Waals surface area (Å²) in [7, 11) is 0. The van der Waals surface area contributed by atoms with E-state index in [1.165, 1.54) is 12.0 Å². The number of rotatable bonds is 3. The number of aromatic nitrogens is 4. The molecule has 5 heteroatoms. The Kier molecular flexibility index (Phi) is 2.62. The van der Waals surface area contributed by atoms with E-state index in [0.29, 0.717) is 18.3 Å². The number of benzene rings is 1. The van der Waals surface area contributed by atoms with E-state index in [1.807, 2.05) is 35.2 Å². The number of hydrogen-bond donors (Lipinski definition) is 0. The molecule has 4 rings (SSSR count). The standard InChI is InChI=1S/C15H14N4O/c1-2-6-11(5-1)15-17-14(18-20-15)9-19-10-16-12-7-3-4-8-13(12)19/h3-5,7-8,10H,1-2,6,9H2. The first kappa shape index (κ1) is 11.4. The summed E-state index contributed by atoms with van der Waals surface area (Å²) in [6.45, 7) is 0.581. The van der Waals surface area contributed by atoms with E-state index >= 15 is 0 Å². The van der Waals surface area contributed by atoms with Crippen LogP contribution < -0.4 is 0 Å². The number of hydrogen-bond acceptors (Lipinski definition) is 4. The van der Waals surface area contributed by atoms with Crippen molar-refractivity contribution in [1.82, 2.24) is 19.7 Å². The van der Waals surface area contributed by atoms with Crippen molar-refractivity contribution in [3.05, 3.63) is 48.4 Å². The van der Waals surface area contributed by atoms with Gasteiger partial charge in [-0.1, -0.05) is 23.4 Å². The Labute approximate surface area is 115 Å². The molecule has 0 fully saturated rings. The highest BCUT2D eigenvalue weighted by Crippen LogP contribution is 2.26. The fourth-order valence-electron chi connectivity index (χ4n) is 2.60. The zero-order chi connectivity index (χ0) is 13.4. The van der Waals surface area contributed by atoms with Crippen molar-refractivity contribution in [2.45, 2.75) is 25.8 Å². The Bertz CT molecular complexity index is 784. The molecule has 0 radical (unpaired) electrons. The molecule has 0 amide bonds. The summed E-state index contributed by atoms with van der Waals surface area (Å²) in [6.07, 6.45) is 7.33. The lowest BCUT2D eigenvalue weighted by Gasteiger charge is -1.98. The smallest absolute Gasteiger partial charge is 0.253 e. The van der Waals surface area contributed by atoms with Crippen molar-refractivity contribution >= 4 is 16.6 Å². The molecule has 0 saturated carbocycles. The highest BCUT2D eigenvalue weighted by molar-refractivity contribution is 5.75. The van der Waals surface area contributed by atoms with E-state index in [0.717, 1.165) is 23.9 Å². The van der Waals surface area contributed by atoms with E-state index in [9.17, 15) is 0 Å². The molecular weight excluding hydrogens is 252 g/mol. The number of para-hydroxylation sites is 2. The SMILES string of the molecule is C1=C(c2nc(Cn3cnc4ccccc43)no2)CCC1. The monoisotopic (exact) mass is 266 g/mol. The van der Waals surface area contributed by atoms with Crippen LogP contribution in [0.5, 0.6) is 0 Å². The van der Waals surface area contributed by atoms with Crippen LogP contribution in [-0.4, -0.2) is 19.7 Å². The Morgan fingerprint density at radius 3 is 3.10 bits per heavy atom. The summed E-state index contributed by atoms with van der Waals surface area (Å²) in [5.41, 5.74) is 3.24. The predicted octanol–water partition coefficient (Wildman–Crippen LogP) is 3.03. The first-order valence-electron chi connectivity index (χ1n) is 6.82. The molecule has 20 heavy (non-hydrogen) atoms. The van der Waals surface area contributed by atoms with E-state index in [4.69, 9.17) is 4.52 Å². The maximum absolute atomic E-state index is 5.35. The minimum atomic E-state index is 0.581. The van der Waals surface area contributed by atoms with Gasteiger partial charge in [-0.2, -0.15) is 4.98 Å². The minimum Gasteiger partial charge on any atom is -0.334 e. The van der Waals surface area contributed by atoms with Crippen LogP contribution in [0.1, 0.15) is 31.0 Å². The van der Waals surface area contributed by atoms with Crippen LogP contribution in [0.2, 0.25) is 0 Å². The zero-order valence-electron chi connectivity index (χ0n) is 11.0. The quantitative estimate of drug-likeness (QED) is 0.731. The van der Waals surface area contributed by atoms with E-state index in [-0.39, 0.29) is 0 Å². The lowest BCUT2D eigenvalue weighted by molar-refractivity contribution is 0.398. The van der Waals surface area contributed by atoms with Crippen LogP contribution in [0, 0.1) is 0 Å². The van der Waals surface area contributed by atoms with Crippen molar-refractivity contribution in [3.8, 4) is 0 Å². The Morgan fingerprint density at radius 2 is 2.20 bits per heavy atom. The number of imidazole rings is 1. The van der Waals surface area contributed by atoms with Gasteiger partial charge in [0.05, 0.1) is 23.9 Å². The van der Waals surface area contributed by atoms with Gasteiger partial charge in [0.25, 0.3) is 5.89 Å². The van der Waals surface area contributed by atoms with Crippen molar-refractivity contribution in [2.24, 2.45) is 0 Å². The normalized spacial score (nSPS) is 14.9. The molecule has 1 aliphatic carbocycles. The van der Waals surface area contributed by atoms with Crippen molar-refractivity contribution in [1.29, 1.82) is 0 Å². The van der Waals surface area contributed by atoms with Crippen LogP contribution in [0.4, 0.5) is 0 Å². The molecule has 3 aromatic rings. The van der Waals surface area contributed by atoms with E-state index < -0.39 is 0 Å². The molecular formula is C15H14N4O. The second-order valence-corrected chi connectivity index (χ2v) is 5.00. The largest absolute Gasteiger partial charge is 0.334 e. The zero-order valence-corrected chi connectivity index (χ0v) is 11.0. The van der Waals surface area contributed by atoms with Gasteiger partial charge in [-0.05, 0) is 31.4 Å². The first-order valence-corrected chi connectivity index (χ1v) is 6.82. The third-order valence-corrected chi connectivity index (χ3v) is 3.62. The highest BCUT2D eigenvalue weighted by Gasteiger charge is 2.15. The molecule has 2 aromatic heterocycles. The summed E-state index contributed by atoms with van der Waals surface area (Å²) >= 11 is 0. The second-order valence-electron chi connectivity index (χ2n) is 5.00. The summed E-state index contributed by atoms with van der Waals surface area (Å²) in [5, 5.41) is 4.07. The van der Waals surface area contributed by atoms with Crippen LogP contribution in [0.3, 0.4) is 0 Å². The molecule has 0 bridgehead atoms. The molecule has 0 spiro atoms. The number of nitrogens with zero attached hydrogens (tertiary/aromatic N) is 4. The van der Waals surface area contributed by atoms with Gasteiger partial charge in [0.2, 0.25) is 0 Å². The second kappa shape index (κ2) is 4.59. The Morgan fingerprint density at radius 1 is 1.25 bits per heavy atom. The summed E-state index contributed by atoms with van der Waals surface area (Å²) in [6, 6.07) is 8.03. The molecule has 5 nitrogen and oxygen atoms in total. The third kappa shape index (κ3) is 1.91. The maximum atomic E-state index is 5.35. The van der Waals surface area contributed by atoms with E-state index in [1.54, 1.807) is 0 Å². The molecule has 0 saturated heterocycles. The summed E-state index contributed by atoms with van der Waals surface area (Å²) < 4.78 is 7.38. The molecule has 0 aliphatic heterocycles. The fourth-order valence-corrected chi connectivity index (χ4v) is 2.60. The lowest BCUT2D eigenvalue weighted by atomic mass is 10.2. The molecule has 0 unspecified atom stereocenters. The van der Waals surface area contributed by atoms with E-state index in [2.05, 4.69) is 21.2 Å². The van der Waals surface area contributed by atoms with Crippen molar-refractivity contribution in [2.75, 3.05) is 0 Å². The predicted molar refractivity (Wildman–Crippen MR) is 75.0 cm³/mol. The van der Waals surface area contributed by atoms with Crippen LogP contribution in [0.15, 0.2) is 41.2 Å².